The lowest BCUT2D eigenvalue weighted by molar-refractivity contribution is 0.204. The molecule has 1 aromatic heterocycles. The summed E-state index contributed by atoms with van der Waals surface area (Å²) in [7, 11) is 3.31. The molecule has 1 unspecified atom stereocenters. The second-order valence-corrected chi connectivity index (χ2v) is 5.08. The van der Waals surface area contributed by atoms with Crippen molar-refractivity contribution in [2.24, 2.45) is 7.05 Å². The molecule has 1 aromatic carbocycles. The van der Waals surface area contributed by atoms with E-state index in [1.807, 2.05) is 0 Å². The lowest BCUT2D eigenvalue weighted by atomic mass is 10.1. The number of benzene rings is 1. The maximum absolute atomic E-state index is 10.4. The Morgan fingerprint density at radius 1 is 1.50 bits per heavy atom. The van der Waals surface area contributed by atoms with E-state index in [2.05, 4.69) is 21.0 Å². The van der Waals surface area contributed by atoms with E-state index in [1.165, 1.54) is 0 Å². The van der Waals surface area contributed by atoms with Crippen molar-refractivity contribution in [1.29, 1.82) is 0 Å². The van der Waals surface area contributed by atoms with Crippen molar-refractivity contribution < 1.29 is 9.84 Å². The minimum atomic E-state index is -0.834. The van der Waals surface area contributed by atoms with Crippen LogP contribution >= 0.6 is 27.5 Å². The highest BCUT2D eigenvalue weighted by Crippen LogP contribution is 2.34. The van der Waals surface area contributed by atoms with Crippen molar-refractivity contribution in [2.75, 3.05) is 7.11 Å². The van der Waals surface area contributed by atoms with Gasteiger partial charge in [-0.2, -0.15) is 5.10 Å². The van der Waals surface area contributed by atoms with Crippen LogP contribution in [0.15, 0.2) is 28.9 Å². The molecule has 0 fully saturated rings. The van der Waals surface area contributed by atoms with Gasteiger partial charge >= 0.3 is 0 Å². The van der Waals surface area contributed by atoms with Crippen LogP contribution in [0.1, 0.15) is 17.4 Å². The fourth-order valence-corrected chi connectivity index (χ4v) is 2.51. The highest BCUT2D eigenvalue weighted by Gasteiger charge is 2.21. The molecule has 0 aliphatic heterocycles. The van der Waals surface area contributed by atoms with Gasteiger partial charge < -0.3 is 9.84 Å². The Balaban J connectivity index is 2.49. The molecule has 2 rings (SSSR count). The zero-order valence-corrected chi connectivity index (χ0v) is 12.2. The monoisotopic (exact) mass is 330 g/mol. The summed E-state index contributed by atoms with van der Waals surface area (Å²) in [5, 5.41) is 15.1. The van der Waals surface area contributed by atoms with E-state index in [0.717, 1.165) is 4.47 Å². The number of aryl methyl sites for hydroxylation is 1. The summed E-state index contributed by atoms with van der Waals surface area (Å²) >= 11 is 9.27. The molecule has 0 aliphatic carbocycles. The molecule has 0 bridgehead atoms. The Hall–Kier alpha value is -1.04. The van der Waals surface area contributed by atoms with Crippen LogP contribution in [0.3, 0.4) is 0 Å². The van der Waals surface area contributed by atoms with Gasteiger partial charge in [0.15, 0.2) is 0 Å². The molecule has 0 aliphatic rings. The van der Waals surface area contributed by atoms with E-state index in [-0.39, 0.29) is 0 Å². The fraction of sp³-hybridized carbons (Fsp3) is 0.250. The van der Waals surface area contributed by atoms with Crippen LogP contribution in [0.5, 0.6) is 5.75 Å². The van der Waals surface area contributed by atoms with Crippen molar-refractivity contribution in [3.05, 3.63) is 45.1 Å². The van der Waals surface area contributed by atoms with Gasteiger partial charge in [-0.1, -0.05) is 17.7 Å². The number of aliphatic hydroxyl groups is 1. The third-order valence-corrected chi connectivity index (χ3v) is 3.53. The highest BCUT2D eigenvalue weighted by atomic mass is 79.9. The zero-order chi connectivity index (χ0) is 13.3. The Kier molecular flexibility index (Phi) is 3.94. The largest absolute Gasteiger partial charge is 0.496 e. The van der Waals surface area contributed by atoms with E-state index in [4.69, 9.17) is 16.3 Å². The van der Waals surface area contributed by atoms with Crippen LogP contribution < -0.4 is 4.74 Å². The van der Waals surface area contributed by atoms with Crippen molar-refractivity contribution in [2.45, 2.75) is 6.10 Å². The van der Waals surface area contributed by atoms with Crippen LogP contribution in [-0.2, 0) is 7.05 Å². The van der Waals surface area contributed by atoms with E-state index in [0.29, 0.717) is 22.0 Å². The van der Waals surface area contributed by atoms with Crippen molar-refractivity contribution >= 4 is 27.5 Å². The summed E-state index contributed by atoms with van der Waals surface area (Å²) < 4.78 is 7.59. The van der Waals surface area contributed by atoms with E-state index < -0.39 is 6.10 Å². The standard InChI is InChI=1S/C12H12BrClN2O2/c1-16-11(9(13)6-15-16)12(17)8-4-3-7(14)5-10(8)18-2/h3-6,12,17H,1-2H3. The van der Waals surface area contributed by atoms with Gasteiger partial charge in [0.2, 0.25) is 0 Å². The van der Waals surface area contributed by atoms with E-state index in [9.17, 15) is 5.11 Å². The summed E-state index contributed by atoms with van der Waals surface area (Å²) in [6, 6.07) is 5.13. The van der Waals surface area contributed by atoms with Crippen molar-refractivity contribution in [1.82, 2.24) is 9.78 Å². The maximum atomic E-state index is 10.4. The highest BCUT2D eigenvalue weighted by molar-refractivity contribution is 9.10. The maximum Gasteiger partial charge on any atom is 0.126 e. The predicted molar refractivity (Wildman–Crippen MR) is 73.0 cm³/mol. The second kappa shape index (κ2) is 5.30. The van der Waals surface area contributed by atoms with Gasteiger partial charge in [-0.15, -0.1) is 0 Å². The van der Waals surface area contributed by atoms with Gasteiger partial charge in [-0.3, -0.25) is 4.68 Å². The molecule has 0 amide bonds. The molecule has 0 spiro atoms. The minimum absolute atomic E-state index is 0.545. The van der Waals surface area contributed by atoms with E-state index >= 15 is 0 Å². The normalized spacial score (nSPS) is 12.5. The first-order chi connectivity index (χ1) is 8.54. The van der Waals surface area contributed by atoms with Crippen molar-refractivity contribution in [3.63, 3.8) is 0 Å². The molecular formula is C12H12BrClN2O2. The first-order valence-electron chi connectivity index (χ1n) is 5.23. The van der Waals surface area contributed by atoms with Gasteiger partial charge in [0, 0.05) is 17.6 Å². The molecule has 1 heterocycles. The molecule has 0 saturated carbocycles. The number of rotatable bonds is 3. The SMILES string of the molecule is COc1cc(Cl)ccc1C(O)c1c(Br)cnn1C. The minimum Gasteiger partial charge on any atom is -0.496 e. The molecule has 96 valence electrons. The Morgan fingerprint density at radius 2 is 2.22 bits per heavy atom. The number of halogens is 2. The average Bonchev–Trinajstić information content (AvgIpc) is 2.68. The third-order valence-electron chi connectivity index (χ3n) is 2.69. The van der Waals surface area contributed by atoms with Crippen LogP contribution in [0.4, 0.5) is 0 Å². The van der Waals surface area contributed by atoms with E-state index in [1.54, 1.807) is 43.2 Å². The van der Waals surface area contributed by atoms with Crippen LogP contribution in [0, 0.1) is 0 Å². The molecule has 1 atom stereocenters. The van der Waals surface area contributed by atoms with Crippen molar-refractivity contribution in [3.8, 4) is 5.75 Å². The summed E-state index contributed by atoms with van der Waals surface area (Å²) in [6.07, 6.45) is 0.806. The summed E-state index contributed by atoms with van der Waals surface area (Å²) in [6.45, 7) is 0. The van der Waals surface area contributed by atoms with Gasteiger partial charge in [0.1, 0.15) is 11.9 Å². The lowest BCUT2D eigenvalue weighted by Gasteiger charge is -2.16. The summed E-state index contributed by atoms with van der Waals surface area (Å²) in [4.78, 5) is 0. The number of aliphatic hydroxyl groups excluding tert-OH is 1. The average molecular weight is 332 g/mol. The van der Waals surface area contributed by atoms with Crippen LogP contribution in [0.2, 0.25) is 5.02 Å². The van der Waals surface area contributed by atoms with Crippen LogP contribution in [0.25, 0.3) is 0 Å². The van der Waals surface area contributed by atoms with Gasteiger partial charge in [0.05, 0.1) is 23.5 Å². The van der Waals surface area contributed by atoms with Crippen LogP contribution in [-0.4, -0.2) is 22.0 Å². The number of hydrogen-bond donors (Lipinski definition) is 1. The first kappa shape index (κ1) is 13.4. The topological polar surface area (TPSA) is 47.3 Å². The van der Waals surface area contributed by atoms with Gasteiger partial charge in [-0.25, -0.2) is 0 Å². The Bertz CT molecular complexity index is 552. The third kappa shape index (κ3) is 2.39. The molecule has 2 aromatic rings. The second-order valence-electron chi connectivity index (χ2n) is 3.79. The molecule has 18 heavy (non-hydrogen) atoms. The van der Waals surface area contributed by atoms with Gasteiger partial charge in [0.25, 0.3) is 0 Å². The summed E-state index contributed by atoms with van der Waals surface area (Å²) in [5.41, 5.74) is 1.31. The molecule has 6 heteroatoms. The fourth-order valence-electron chi connectivity index (χ4n) is 1.79. The quantitative estimate of drug-likeness (QED) is 0.940. The van der Waals surface area contributed by atoms with Gasteiger partial charge in [-0.05, 0) is 28.1 Å². The number of hydrogen-bond acceptors (Lipinski definition) is 3. The molecule has 1 N–H and O–H groups in total. The molecule has 0 radical (unpaired) electrons. The zero-order valence-electron chi connectivity index (χ0n) is 9.89. The number of ether oxygens (including phenoxy) is 1. The number of methoxy groups -OCH3 is 1. The molecule has 0 saturated heterocycles. The summed E-state index contributed by atoms with van der Waals surface area (Å²) in [5.74, 6) is 0.545. The smallest absolute Gasteiger partial charge is 0.126 e. The predicted octanol–water partition coefficient (Wildman–Crippen LogP) is 2.93. The Labute approximate surface area is 118 Å². The number of nitrogens with zero attached hydrogens (tertiary/aromatic N) is 2. The first-order valence-corrected chi connectivity index (χ1v) is 6.40. The Morgan fingerprint density at radius 3 is 2.78 bits per heavy atom. The molecular weight excluding hydrogens is 320 g/mol. The lowest BCUT2D eigenvalue weighted by Crippen LogP contribution is -2.08. The molecule has 4 nitrogen and oxygen atoms in total. The number of aromatic nitrogens is 2.